The van der Waals surface area contributed by atoms with Crippen LogP contribution in [-0.2, 0) is 0 Å². The van der Waals surface area contributed by atoms with Gasteiger partial charge in [-0.2, -0.15) is 0 Å². The van der Waals surface area contributed by atoms with Crippen LogP contribution in [0.15, 0.2) is 40.9 Å². The Labute approximate surface area is 130 Å². The third-order valence-corrected chi connectivity index (χ3v) is 4.56. The van der Waals surface area contributed by atoms with Crippen molar-refractivity contribution in [3.05, 3.63) is 62.6 Å². The molecule has 1 aliphatic heterocycles. The number of carbonyl (C=O) groups is 1. The third kappa shape index (κ3) is 2.48. The third-order valence-electron chi connectivity index (χ3n) is 3.44. The van der Waals surface area contributed by atoms with E-state index in [1.54, 1.807) is 18.2 Å². The number of hydrogen-bond donors (Lipinski definition) is 0. The van der Waals surface area contributed by atoms with E-state index in [4.69, 9.17) is 16.3 Å². The largest absolute Gasteiger partial charge is 0.484 e. The molecule has 4 heteroatoms. The fourth-order valence-electron chi connectivity index (χ4n) is 2.35. The highest BCUT2D eigenvalue weighted by atomic mass is 79.9. The Morgan fingerprint density at radius 1 is 1.25 bits per heavy atom. The first kappa shape index (κ1) is 13.7. The van der Waals surface area contributed by atoms with Crippen LogP contribution in [0.2, 0.25) is 5.02 Å². The molecule has 0 aromatic heterocycles. The minimum Gasteiger partial charge on any atom is -0.484 e. The molecule has 0 saturated heterocycles. The van der Waals surface area contributed by atoms with Crippen LogP contribution in [-0.4, -0.2) is 5.78 Å². The molecule has 1 unspecified atom stereocenters. The Kier molecular flexibility index (Phi) is 3.57. The summed E-state index contributed by atoms with van der Waals surface area (Å²) in [4.78, 5) is 12.2. The molecule has 0 N–H and O–H groups in total. The number of ether oxygens (including phenoxy) is 1. The fraction of sp³-hybridized carbons (Fsp3) is 0.188. The second kappa shape index (κ2) is 5.23. The SMILES string of the molecule is Cc1cc(C2CC(=O)c3cc(Cl)ccc3O2)ccc1Br. The maximum atomic E-state index is 12.2. The molecular weight excluding hydrogens is 340 g/mol. The number of Topliss-reactive ketones (excluding diaryl/α,β-unsaturated/α-hetero) is 1. The van der Waals surface area contributed by atoms with E-state index in [9.17, 15) is 4.79 Å². The van der Waals surface area contributed by atoms with Gasteiger partial charge in [-0.25, -0.2) is 0 Å². The normalized spacial score (nSPS) is 17.6. The Balaban J connectivity index is 1.97. The Morgan fingerprint density at radius 2 is 2.05 bits per heavy atom. The van der Waals surface area contributed by atoms with Gasteiger partial charge >= 0.3 is 0 Å². The summed E-state index contributed by atoms with van der Waals surface area (Å²) < 4.78 is 6.99. The van der Waals surface area contributed by atoms with Crippen LogP contribution in [0.1, 0.15) is 34.0 Å². The van der Waals surface area contributed by atoms with Crippen molar-refractivity contribution in [2.24, 2.45) is 0 Å². The number of carbonyl (C=O) groups excluding carboxylic acids is 1. The predicted octanol–water partition coefficient (Wildman–Crippen LogP) is 5.12. The summed E-state index contributed by atoms with van der Waals surface area (Å²) in [6, 6.07) is 11.2. The van der Waals surface area contributed by atoms with E-state index >= 15 is 0 Å². The summed E-state index contributed by atoms with van der Waals surface area (Å²) in [6.45, 7) is 2.02. The van der Waals surface area contributed by atoms with E-state index in [-0.39, 0.29) is 11.9 Å². The van der Waals surface area contributed by atoms with Crippen molar-refractivity contribution in [2.75, 3.05) is 0 Å². The molecule has 1 heterocycles. The molecule has 102 valence electrons. The molecular formula is C16H12BrClO2. The number of hydrogen-bond acceptors (Lipinski definition) is 2. The van der Waals surface area contributed by atoms with Gasteiger partial charge in [0.2, 0.25) is 0 Å². The van der Waals surface area contributed by atoms with Gasteiger partial charge in [0.15, 0.2) is 5.78 Å². The van der Waals surface area contributed by atoms with Gasteiger partial charge in [-0.1, -0.05) is 39.7 Å². The standard InChI is InChI=1S/C16H12BrClO2/c1-9-6-10(2-4-13(9)17)16-8-14(19)12-7-11(18)3-5-15(12)20-16/h2-7,16H,8H2,1H3. The van der Waals surface area contributed by atoms with E-state index in [2.05, 4.69) is 15.9 Å². The zero-order valence-electron chi connectivity index (χ0n) is 10.8. The van der Waals surface area contributed by atoms with Crippen molar-refractivity contribution in [3.63, 3.8) is 0 Å². The highest BCUT2D eigenvalue weighted by molar-refractivity contribution is 9.10. The smallest absolute Gasteiger partial charge is 0.170 e. The second-order valence-corrected chi connectivity index (χ2v) is 6.17. The lowest BCUT2D eigenvalue weighted by Crippen LogP contribution is -2.20. The number of aryl methyl sites for hydroxylation is 1. The molecule has 0 saturated carbocycles. The fourth-order valence-corrected chi connectivity index (χ4v) is 2.77. The summed E-state index contributed by atoms with van der Waals surface area (Å²) in [7, 11) is 0. The van der Waals surface area contributed by atoms with E-state index in [0.717, 1.165) is 15.6 Å². The van der Waals surface area contributed by atoms with Gasteiger partial charge < -0.3 is 4.74 Å². The molecule has 0 bridgehead atoms. The molecule has 20 heavy (non-hydrogen) atoms. The lowest BCUT2D eigenvalue weighted by atomic mass is 9.95. The van der Waals surface area contributed by atoms with Crippen molar-refractivity contribution < 1.29 is 9.53 Å². The van der Waals surface area contributed by atoms with Gasteiger partial charge in [0.1, 0.15) is 11.9 Å². The minimum atomic E-state index is -0.233. The predicted molar refractivity (Wildman–Crippen MR) is 82.6 cm³/mol. The average Bonchev–Trinajstić information content (AvgIpc) is 2.42. The first-order chi connectivity index (χ1) is 9.54. The maximum absolute atomic E-state index is 12.2. The van der Waals surface area contributed by atoms with Gasteiger partial charge in [-0.05, 0) is 42.3 Å². The molecule has 3 rings (SSSR count). The molecule has 2 aromatic rings. The highest BCUT2D eigenvalue weighted by Gasteiger charge is 2.27. The van der Waals surface area contributed by atoms with Crippen molar-refractivity contribution >= 4 is 33.3 Å². The molecule has 0 amide bonds. The van der Waals surface area contributed by atoms with E-state index < -0.39 is 0 Å². The van der Waals surface area contributed by atoms with Crippen LogP contribution in [0.4, 0.5) is 0 Å². The summed E-state index contributed by atoms with van der Waals surface area (Å²) in [5.41, 5.74) is 2.71. The molecule has 0 aliphatic carbocycles. The molecule has 1 aliphatic rings. The van der Waals surface area contributed by atoms with Gasteiger partial charge in [-0.15, -0.1) is 0 Å². The van der Waals surface area contributed by atoms with Crippen molar-refractivity contribution in [1.82, 2.24) is 0 Å². The summed E-state index contributed by atoms with van der Waals surface area (Å²) >= 11 is 9.40. The molecule has 2 nitrogen and oxygen atoms in total. The van der Waals surface area contributed by atoms with Gasteiger partial charge in [-0.3, -0.25) is 4.79 Å². The summed E-state index contributed by atoms with van der Waals surface area (Å²) in [6.07, 6.45) is 0.108. The molecule has 1 atom stereocenters. The van der Waals surface area contributed by atoms with Gasteiger partial charge in [0, 0.05) is 9.50 Å². The lowest BCUT2D eigenvalue weighted by Gasteiger charge is -2.26. The second-order valence-electron chi connectivity index (χ2n) is 4.88. The highest BCUT2D eigenvalue weighted by Crippen LogP contribution is 2.36. The first-order valence-corrected chi connectivity index (χ1v) is 7.47. The Morgan fingerprint density at radius 3 is 2.80 bits per heavy atom. The summed E-state index contributed by atoms with van der Waals surface area (Å²) in [5.74, 6) is 0.676. The van der Waals surface area contributed by atoms with Gasteiger partial charge in [0.25, 0.3) is 0 Å². The molecule has 2 aromatic carbocycles. The topological polar surface area (TPSA) is 26.3 Å². The van der Waals surface area contributed by atoms with Crippen molar-refractivity contribution in [2.45, 2.75) is 19.4 Å². The van der Waals surface area contributed by atoms with Crippen LogP contribution >= 0.6 is 27.5 Å². The zero-order valence-corrected chi connectivity index (χ0v) is 13.2. The number of fused-ring (bicyclic) bond motifs is 1. The quantitative estimate of drug-likeness (QED) is 0.713. The molecule has 0 radical (unpaired) electrons. The van der Waals surface area contributed by atoms with Crippen LogP contribution in [0.3, 0.4) is 0 Å². The van der Waals surface area contributed by atoms with Crippen molar-refractivity contribution in [3.8, 4) is 5.75 Å². The molecule has 0 spiro atoms. The van der Waals surface area contributed by atoms with Crippen LogP contribution < -0.4 is 4.74 Å². The Hall–Kier alpha value is -1.32. The van der Waals surface area contributed by atoms with E-state index in [1.807, 2.05) is 25.1 Å². The van der Waals surface area contributed by atoms with Crippen LogP contribution in [0.5, 0.6) is 5.75 Å². The average molecular weight is 352 g/mol. The number of ketones is 1. The van der Waals surface area contributed by atoms with Crippen molar-refractivity contribution in [1.29, 1.82) is 0 Å². The minimum absolute atomic E-state index is 0.0688. The van der Waals surface area contributed by atoms with E-state index in [1.165, 1.54) is 0 Å². The van der Waals surface area contributed by atoms with Crippen LogP contribution in [0, 0.1) is 6.92 Å². The van der Waals surface area contributed by atoms with Gasteiger partial charge in [0.05, 0.1) is 12.0 Å². The number of rotatable bonds is 1. The zero-order chi connectivity index (χ0) is 14.3. The first-order valence-electron chi connectivity index (χ1n) is 6.30. The lowest BCUT2D eigenvalue weighted by molar-refractivity contribution is 0.0850. The van der Waals surface area contributed by atoms with E-state index in [0.29, 0.717) is 22.8 Å². The summed E-state index contributed by atoms with van der Waals surface area (Å²) in [5, 5.41) is 0.554. The van der Waals surface area contributed by atoms with Crippen LogP contribution in [0.25, 0.3) is 0 Å². The monoisotopic (exact) mass is 350 g/mol. The number of halogens is 2. The maximum Gasteiger partial charge on any atom is 0.170 e. The Bertz CT molecular complexity index is 697. The number of benzene rings is 2. The molecule has 0 fully saturated rings.